The van der Waals surface area contributed by atoms with E-state index in [0.717, 1.165) is 16.7 Å². The Labute approximate surface area is 118 Å². The van der Waals surface area contributed by atoms with E-state index in [9.17, 15) is 9.18 Å². The topological polar surface area (TPSA) is 29.1 Å². The molecule has 0 saturated heterocycles. The Balaban J connectivity index is 1.80. The van der Waals surface area contributed by atoms with Crippen LogP contribution in [0.4, 0.5) is 4.39 Å². The van der Waals surface area contributed by atoms with Gasteiger partial charge in [0.05, 0.1) is 6.42 Å². The number of aryl methyl sites for hydroxylation is 1. The summed E-state index contributed by atoms with van der Waals surface area (Å²) in [5.74, 6) is -0.246. The van der Waals surface area contributed by atoms with Crippen molar-refractivity contribution in [2.24, 2.45) is 0 Å². The molecule has 0 unspecified atom stereocenters. The number of carbonyl (C=O) groups excluding carboxylic acids is 1. The van der Waals surface area contributed by atoms with Gasteiger partial charge >= 0.3 is 0 Å². The van der Waals surface area contributed by atoms with E-state index in [4.69, 9.17) is 0 Å². The van der Waals surface area contributed by atoms with Crippen molar-refractivity contribution in [3.8, 4) is 0 Å². The minimum absolute atomic E-state index is 0.00398. The molecule has 0 saturated carbocycles. The average molecular weight is 271 g/mol. The van der Waals surface area contributed by atoms with Crippen LogP contribution in [0, 0.1) is 12.7 Å². The molecular weight excluding hydrogens is 253 g/mol. The molecule has 0 aliphatic heterocycles. The van der Waals surface area contributed by atoms with Crippen molar-refractivity contribution in [3.63, 3.8) is 0 Å². The van der Waals surface area contributed by atoms with E-state index in [1.165, 1.54) is 12.1 Å². The molecule has 2 nitrogen and oxygen atoms in total. The Bertz CT molecular complexity index is 595. The van der Waals surface area contributed by atoms with Crippen LogP contribution in [0.3, 0.4) is 0 Å². The lowest BCUT2D eigenvalue weighted by Gasteiger charge is -2.07. The number of halogens is 1. The van der Waals surface area contributed by atoms with Gasteiger partial charge in [-0.15, -0.1) is 0 Å². The standard InChI is InChI=1S/C17H18FNO/c1-13-5-2-3-7-15(13)12-17(20)19-10-9-14-6-4-8-16(18)11-14/h2-8,11H,9-10,12H2,1H3,(H,19,20). The summed E-state index contributed by atoms with van der Waals surface area (Å²) in [4.78, 5) is 11.8. The molecule has 0 radical (unpaired) electrons. The summed E-state index contributed by atoms with van der Waals surface area (Å²) in [6, 6.07) is 14.3. The monoisotopic (exact) mass is 271 g/mol. The summed E-state index contributed by atoms with van der Waals surface area (Å²) < 4.78 is 13.0. The highest BCUT2D eigenvalue weighted by Crippen LogP contribution is 2.07. The molecule has 1 amide bonds. The first-order chi connectivity index (χ1) is 9.65. The molecule has 2 rings (SSSR count). The van der Waals surface area contributed by atoms with Gasteiger partial charge in [0, 0.05) is 6.54 Å². The second-order valence-electron chi connectivity index (χ2n) is 4.83. The largest absolute Gasteiger partial charge is 0.355 e. The number of benzene rings is 2. The molecule has 2 aromatic carbocycles. The van der Waals surface area contributed by atoms with Gasteiger partial charge in [0.25, 0.3) is 0 Å². The van der Waals surface area contributed by atoms with Crippen molar-refractivity contribution < 1.29 is 9.18 Å². The van der Waals surface area contributed by atoms with E-state index >= 15 is 0 Å². The van der Waals surface area contributed by atoms with Crippen molar-refractivity contribution in [2.75, 3.05) is 6.54 Å². The Morgan fingerprint density at radius 2 is 1.95 bits per heavy atom. The van der Waals surface area contributed by atoms with Crippen LogP contribution in [0.5, 0.6) is 0 Å². The minimum Gasteiger partial charge on any atom is -0.355 e. The first kappa shape index (κ1) is 14.3. The summed E-state index contributed by atoms with van der Waals surface area (Å²) >= 11 is 0. The molecular formula is C17H18FNO. The Hall–Kier alpha value is -2.16. The van der Waals surface area contributed by atoms with Gasteiger partial charge in [-0.25, -0.2) is 4.39 Å². The van der Waals surface area contributed by atoms with Gasteiger partial charge in [0.2, 0.25) is 5.91 Å². The molecule has 0 fully saturated rings. The van der Waals surface area contributed by atoms with E-state index in [0.29, 0.717) is 19.4 Å². The van der Waals surface area contributed by atoms with Gasteiger partial charge in [-0.05, 0) is 42.2 Å². The predicted octanol–water partition coefficient (Wildman–Crippen LogP) is 3.04. The fraction of sp³-hybridized carbons (Fsp3) is 0.235. The van der Waals surface area contributed by atoms with Crippen molar-refractivity contribution in [3.05, 3.63) is 71.0 Å². The van der Waals surface area contributed by atoms with Crippen LogP contribution in [0.1, 0.15) is 16.7 Å². The molecule has 20 heavy (non-hydrogen) atoms. The third kappa shape index (κ3) is 4.19. The van der Waals surface area contributed by atoms with Gasteiger partial charge < -0.3 is 5.32 Å². The fourth-order valence-electron chi connectivity index (χ4n) is 2.08. The van der Waals surface area contributed by atoms with E-state index in [2.05, 4.69) is 5.32 Å². The number of amides is 1. The van der Waals surface area contributed by atoms with Crippen molar-refractivity contribution in [2.45, 2.75) is 19.8 Å². The third-order valence-electron chi connectivity index (χ3n) is 3.24. The maximum Gasteiger partial charge on any atom is 0.224 e. The quantitative estimate of drug-likeness (QED) is 0.889. The molecule has 0 bridgehead atoms. The van der Waals surface area contributed by atoms with Crippen LogP contribution in [0.15, 0.2) is 48.5 Å². The molecule has 0 aromatic heterocycles. The molecule has 104 valence electrons. The lowest BCUT2D eigenvalue weighted by Crippen LogP contribution is -2.27. The molecule has 0 spiro atoms. The lowest BCUT2D eigenvalue weighted by atomic mass is 10.1. The number of hydrogen-bond donors (Lipinski definition) is 1. The van der Waals surface area contributed by atoms with Crippen LogP contribution in [-0.4, -0.2) is 12.5 Å². The summed E-state index contributed by atoms with van der Waals surface area (Å²) in [5.41, 5.74) is 3.05. The zero-order valence-electron chi connectivity index (χ0n) is 11.5. The molecule has 3 heteroatoms. The van der Waals surface area contributed by atoms with Gasteiger partial charge in [-0.1, -0.05) is 36.4 Å². The second kappa shape index (κ2) is 6.85. The molecule has 0 aliphatic carbocycles. The van der Waals surface area contributed by atoms with Gasteiger partial charge in [0.15, 0.2) is 0 Å². The van der Waals surface area contributed by atoms with E-state index in [1.54, 1.807) is 6.07 Å². The number of rotatable bonds is 5. The van der Waals surface area contributed by atoms with Crippen LogP contribution in [-0.2, 0) is 17.6 Å². The van der Waals surface area contributed by atoms with Gasteiger partial charge in [-0.2, -0.15) is 0 Å². The molecule has 1 N–H and O–H groups in total. The minimum atomic E-state index is -0.242. The predicted molar refractivity (Wildman–Crippen MR) is 78.0 cm³/mol. The molecule has 0 aliphatic rings. The first-order valence-corrected chi connectivity index (χ1v) is 6.71. The van der Waals surface area contributed by atoms with Crippen LogP contribution >= 0.6 is 0 Å². The highest BCUT2D eigenvalue weighted by Gasteiger charge is 2.05. The summed E-state index contributed by atoms with van der Waals surface area (Å²) in [5, 5.41) is 2.86. The first-order valence-electron chi connectivity index (χ1n) is 6.71. The number of nitrogens with one attached hydrogen (secondary N) is 1. The van der Waals surface area contributed by atoms with Crippen LogP contribution < -0.4 is 5.32 Å². The number of carbonyl (C=O) groups is 1. The van der Waals surface area contributed by atoms with E-state index < -0.39 is 0 Å². The summed E-state index contributed by atoms with van der Waals surface area (Å²) in [6.07, 6.45) is 1.02. The average Bonchev–Trinajstić information content (AvgIpc) is 2.41. The van der Waals surface area contributed by atoms with E-state index in [1.807, 2.05) is 37.3 Å². The van der Waals surface area contributed by atoms with Crippen molar-refractivity contribution >= 4 is 5.91 Å². The Morgan fingerprint density at radius 1 is 1.15 bits per heavy atom. The highest BCUT2D eigenvalue weighted by molar-refractivity contribution is 5.78. The van der Waals surface area contributed by atoms with E-state index in [-0.39, 0.29) is 11.7 Å². The molecule has 0 atom stereocenters. The maximum atomic E-state index is 13.0. The lowest BCUT2D eigenvalue weighted by molar-refractivity contribution is -0.120. The SMILES string of the molecule is Cc1ccccc1CC(=O)NCCc1cccc(F)c1. The molecule has 2 aromatic rings. The molecule has 0 heterocycles. The number of hydrogen-bond acceptors (Lipinski definition) is 1. The smallest absolute Gasteiger partial charge is 0.224 e. The maximum absolute atomic E-state index is 13.0. The third-order valence-corrected chi connectivity index (χ3v) is 3.24. The fourth-order valence-corrected chi connectivity index (χ4v) is 2.08. The highest BCUT2D eigenvalue weighted by atomic mass is 19.1. The Kier molecular flexibility index (Phi) is 4.88. The normalized spacial score (nSPS) is 10.3. The zero-order valence-corrected chi connectivity index (χ0v) is 11.5. The van der Waals surface area contributed by atoms with Crippen LogP contribution in [0.2, 0.25) is 0 Å². The Morgan fingerprint density at radius 3 is 2.70 bits per heavy atom. The summed E-state index contributed by atoms with van der Waals surface area (Å²) in [7, 11) is 0. The van der Waals surface area contributed by atoms with Crippen molar-refractivity contribution in [1.29, 1.82) is 0 Å². The summed E-state index contributed by atoms with van der Waals surface area (Å²) in [6.45, 7) is 2.52. The van der Waals surface area contributed by atoms with Crippen molar-refractivity contribution in [1.82, 2.24) is 5.32 Å². The second-order valence-corrected chi connectivity index (χ2v) is 4.83. The van der Waals surface area contributed by atoms with Crippen LogP contribution in [0.25, 0.3) is 0 Å². The zero-order chi connectivity index (χ0) is 14.4. The van der Waals surface area contributed by atoms with Gasteiger partial charge in [0.1, 0.15) is 5.82 Å². The van der Waals surface area contributed by atoms with Gasteiger partial charge in [-0.3, -0.25) is 4.79 Å².